The Balaban J connectivity index is 0.00000222. The second-order valence-electron chi connectivity index (χ2n) is 7.86. The largest absolute Gasteiger partial charge is 0.324 e. The molecule has 8 nitrogen and oxygen atoms in total. The maximum Gasteiger partial charge on any atom is 0.324 e. The Bertz CT molecular complexity index is 1080. The van der Waals surface area contributed by atoms with Crippen molar-refractivity contribution in [1.29, 1.82) is 0 Å². The zero-order valence-corrected chi connectivity index (χ0v) is 20.8. The first kappa shape index (κ1) is 28.2. The SMILES string of the molecule is CC.O=C(/C=C/c1ccc(CN(CCc2cccnc2)C(=O)NC(=O)C2=CC=CCCC2)cc1)NO. The smallest absolute Gasteiger partial charge is 0.320 e. The molecule has 0 fully saturated rings. The van der Waals surface area contributed by atoms with Crippen LogP contribution in [-0.4, -0.2) is 39.5 Å². The number of carbonyl (C=O) groups is 3. The van der Waals surface area contributed by atoms with Gasteiger partial charge in [0.05, 0.1) is 0 Å². The van der Waals surface area contributed by atoms with Crippen LogP contribution in [0, 0.1) is 0 Å². The van der Waals surface area contributed by atoms with Gasteiger partial charge < -0.3 is 4.90 Å². The minimum Gasteiger partial charge on any atom is -0.320 e. The van der Waals surface area contributed by atoms with Gasteiger partial charge >= 0.3 is 6.03 Å². The van der Waals surface area contributed by atoms with Gasteiger partial charge in [-0.05, 0) is 54.5 Å². The minimum atomic E-state index is -0.619. The molecule has 0 saturated heterocycles. The van der Waals surface area contributed by atoms with Crippen LogP contribution in [0.25, 0.3) is 6.08 Å². The van der Waals surface area contributed by atoms with Crippen molar-refractivity contribution >= 4 is 23.9 Å². The molecule has 190 valence electrons. The molecule has 0 saturated carbocycles. The van der Waals surface area contributed by atoms with Crippen LogP contribution in [0.3, 0.4) is 0 Å². The molecular weight excluding hydrogens is 456 g/mol. The Morgan fingerprint density at radius 3 is 2.58 bits per heavy atom. The highest BCUT2D eigenvalue weighted by atomic mass is 16.5. The highest BCUT2D eigenvalue weighted by molar-refractivity contribution is 6.03. The van der Waals surface area contributed by atoms with Crippen LogP contribution in [0.1, 0.15) is 49.8 Å². The maximum absolute atomic E-state index is 13.0. The highest BCUT2D eigenvalue weighted by Gasteiger charge is 2.19. The lowest BCUT2D eigenvalue weighted by atomic mass is 10.1. The summed E-state index contributed by atoms with van der Waals surface area (Å²) in [4.78, 5) is 42.6. The summed E-state index contributed by atoms with van der Waals surface area (Å²) < 4.78 is 0. The number of amides is 4. The number of hydrogen-bond acceptors (Lipinski definition) is 5. The number of rotatable bonds is 8. The molecule has 4 amide bonds. The summed E-state index contributed by atoms with van der Waals surface area (Å²) in [6.45, 7) is 4.71. The van der Waals surface area contributed by atoms with E-state index in [2.05, 4.69) is 10.3 Å². The Kier molecular flexibility index (Phi) is 12.4. The van der Waals surface area contributed by atoms with E-state index in [1.807, 2.05) is 62.4 Å². The number of urea groups is 1. The van der Waals surface area contributed by atoms with Gasteiger partial charge in [-0.1, -0.05) is 62.4 Å². The molecule has 8 heteroatoms. The summed E-state index contributed by atoms with van der Waals surface area (Å²) in [5, 5.41) is 11.1. The summed E-state index contributed by atoms with van der Waals surface area (Å²) in [5.74, 6) is -0.989. The van der Waals surface area contributed by atoms with E-state index in [0.29, 0.717) is 31.5 Å². The molecule has 0 radical (unpaired) electrons. The molecule has 1 aromatic carbocycles. The van der Waals surface area contributed by atoms with E-state index in [9.17, 15) is 14.4 Å². The second-order valence-corrected chi connectivity index (χ2v) is 7.86. The zero-order valence-electron chi connectivity index (χ0n) is 20.8. The van der Waals surface area contributed by atoms with Gasteiger partial charge in [-0.15, -0.1) is 0 Å². The molecule has 0 atom stereocenters. The van der Waals surface area contributed by atoms with Crippen LogP contribution in [0.2, 0.25) is 0 Å². The van der Waals surface area contributed by atoms with E-state index < -0.39 is 11.9 Å². The van der Waals surface area contributed by atoms with Gasteiger partial charge in [-0.25, -0.2) is 10.3 Å². The summed E-state index contributed by atoms with van der Waals surface area (Å²) in [6, 6.07) is 10.6. The molecule has 0 spiro atoms. The number of hydrogen-bond donors (Lipinski definition) is 3. The number of aromatic nitrogens is 1. The normalized spacial score (nSPS) is 12.6. The lowest BCUT2D eigenvalue weighted by Crippen LogP contribution is -2.43. The first-order valence-electron chi connectivity index (χ1n) is 12.1. The van der Waals surface area contributed by atoms with Crippen molar-refractivity contribution < 1.29 is 19.6 Å². The third kappa shape index (κ3) is 9.68. The van der Waals surface area contributed by atoms with E-state index in [0.717, 1.165) is 29.5 Å². The molecule has 1 aliphatic carbocycles. The Labute approximate surface area is 212 Å². The summed E-state index contributed by atoms with van der Waals surface area (Å²) in [7, 11) is 0. The number of carbonyl (C=O) groups excluding carboxylic acids is 3. The van der Waals surface area contributed by atoms with E-state index in [1.165, 1.54) is 11.6 Å². The number of imide groups is 1. The van der Waals surface area contributed by atoms with Crippen LogP contribution in [0.15, 0.2) is 78.7 Å². The summed E-state index contributed by atoms with van der Waals surface area (Å²) >= 11 is 0. The zero-order chi connectivity index (χ0) is 26.2. The lowest BCUT2D eigenvalue weighted by Gasteiger charge is -2.23. The second kappa shape index (κ2) is 15.8. The quantitative estimate of drug-likeness (QED) is 0.285. The van der Waals surface area contributed by atoms with Gasteiger partial charge in [0, 0.05) is 37.1 Å². The standard InChI is InChI=1S/C26H28N4O4.C2H6/c31-24(29-34)14-13-20-9-11-22(12-10-20)19-30(17-15-21-6-5-16-27-18-21)26(33)28-25(32)23-7-3-1-2-4-8-23;1-2/h1,3,5-7,9-14,16,18,34H,2,4,8,15,17,19H2,(H,29,31)(H,28,32,33);1-2H3/b14-13+;. The van der Waals surface area contributed by atoms with Crippen molar-refractivity contribution in [3.63, 3.8) is 0 Å². The molecular formula is C28H34N4O4. The van der Waals surface area contributed by atoms with Gasteiger partial charge in [-0.2, -0.15) is 0 Å². The number of pyridine rings is 1. The van der Waals surface area contributed by atoms with Crippen molar-refractivity contribution in [2.24, 2.45) is 0 Å². The molecule has 1 aliphatic rings. The van der Waals surface area contributed by atoms with Crippen LogP contribution in [-0.2, 0) is 22.6 Å². The van der Waals surface area contributed by atoms with Gasteiger partial charge in [0.15, 0.2) is 0 Å². The molecule has 0 aliphatic heterocycles. The van der Waals surface area contributed by atoms with E-state index >= 15 is 0 Å². The number of nitrogens with zero attached hydrogens (tertiary/aromatic N) is 2. The fourth-order valence-corrected chi connectivity index (χ4v) is 3.45. The van der Waals surface area contributed by atoms with Crippen molar-refractivity contribution in [1.82, 2.24) is 20.7 Å². The minimum absolute atomic E-state index is 0.305. The molecule has 0 bridgehead atoms. The van der Waals surface area contributed by atoms with Crippen LogP contribution < -0.4 is 10.8 Å². The van der Waals surface area contributed by atoms with Crippen LogP contribution >= 0.6 is 0 Å². The van der Waals surface area contributed by atoms with Gasteiger partial charge in [0.1, 0.15) is 0 Å². The molecule has 36 heavy (non-hydrogen) atoms. The molecule has 0 unspecified atom stereocenters. The number of hydroxylamine groups is 1. The Morgan fingerprint density at radius 2 is 1.89 bits per heavy atom. The predicted molar refractivity (Wildman–Crippen MR) is 140 cm³/mol. The molecule has 3 rings (SSSR count). The average Bonchev–Trinajstić information content (AvgIpc) is 3.22. The fraction of sp³-hybridized carbons (Fsp3) is 0.286. The predicted octanol–water partition coefficient (Wildman–Crippen LogP) is 4.57. The van der Waals surface area contributed by atoms with E-state index in [1.54, 1.807) is 29.4 Å². The van der Waals surface area contributed by atoms with Crippen LogP contribution in [0.5, 0.6) is 0 Å². The third-order valence-electron chi connectivity index (χ3n) is 5.33. The van der Waals surface area contributed by atoms with Gasteiger partial charge in [0.2, 0.25) is 0 Å². The number of nitrogens with one attached hydrogen (secondary N) is 2. The Hall–Kier alpha value is -4.04. The molecule has 1 aromatic heterocycles. The van der Waals surface area contributed by atoms with Crippen molar-refractivity contribution in [2.75, 3.05) is 6.54 Å². The lowest BCUT2D eigenvalue weighted by molar-refractivity contribution is -0.124. The highest BCUT2D eigenvalue weighted by Crippen LogP contribution is 2.14. The number of benzene rings is 1. The topological polar surface area (TPSA) is 112 Å². The van der Waals surface area contributed by atoms with E-state index in [-0.39, 0.29) is 5.91 Å². The molecule has 2 aromatic rings. The van der Waals surface area contributed by atoms with E-state index in [4.69, 9.17) is 5.21 Å². The fourth-order valence-electron chi connectivity index (χ4n) is 3.45. The monoisotopic (exact) mass is 490 g/mol. The van der Waals surface area contributed by atoms with Crippen LogP contribution in [0.4, 0.5) is 4.79 Å². The summed E-state index contributed by atoms with van der Waals surface area (Å²) in [6.07, 6.45) is 14.9. The Morgan fingerprint density at radius 1 is 1.11 bits per heavy atom. The van der Waals surface area contributed by atoms with Crippen molar-refractivity contribution in [2.45, 2.75) is 46.1 Å². The van der Waals surface area contributed by atoms with Crippen molar-refractivity contribution in [3.8, 4) is 0 Å². The average molecular weight is 491 g/mol. The summed E-state index contributed by atoms with van der Waals surface area (Å²) in [5.41, 5.74) is 4.76. The number of allylic oxidation sites excluding steroid dienone is 3. The third-order valence-corrected chi connectivity index (χ3v) is 5.33. The first-order chi connectivity index (χ1) is 17.5. The first-order valence-corrected chi connectivity index (χ1v) is 12.1. The molecule has 3 N–H and O–H groups in total. The van der Waals surface area contributed by atoms with Crippen molar-refractivity contribution in [3.05, 3.63) is 95.4 Å². The maximum atomic E-state index is 13.0. The molecule has 1 heterocycles. The van der Waals surface area contributed by atoms with Gasteiger partial charge in [0.25, 0.3) is 11.8 Å². The van der Waals surface area contributed by atoms with Gasteiger partial charge in [-0.3, -0.25) is 25.1 Å².